The topological polar surface area (TPSA) is 160 Å². The second kappa shape index (κ2) is 12.8. The van der Waals surface area contributed by atoms with Crippen LogP contribution in [0.25, 0.3) is 0 Å². The maximum atomic E-state index is 14.5. The first-order valence-corrected chi connectivity index (χ1v) is 15.2. The van der Waals surface area contributed by atoms with E-state index in [9.17, 15) is 34.4 Å². The van der Waals surface area contributed by atoms with E-state index < -0.39 is 38.2 Å². The lowest BCUT2D eigenvalue weighted by molar-refractivity contribution is -0.192. The molecule has 0 amide bonds. The summed E-state index contributed by atoms with van der Waals surface area (Å²) in [6, 6.07) is 9.21. The van der Waals surface area contributed by atoms with Crippen LogP contribution in [-0.2, 0) is 31.4 Å². The molecule has 1 aromatic heterocycles. The lowest BCUT2D eigenvalue weighted by Gasteiger charge is -2.32. The fraction of sp³-hybridized carbons (Fsp3) is 0.478. The maximum Gasteiger partial charge on any atom is 0.490 e. The van der Waals surface area contributed by atoms with Crippen molar-refractivity contribution in [2.45, 2.75) is 31.1 Å². The molecule has 0 spiro atoms. The normalized spacial score (nSPS) is 21.8. The van der Waals surface area contributed by atoms with E-state index in [0.29, 0.717) is 24.4 Å². The van der Waals surface area contributed by atoms with Gasteiger partial charge in [-0.1, -0.05) is 18.2 Å². The van der Waals surface area contributed by atoms with Crippen molar-refractivity contribution in [2.75, 3.05) is 37.7 Å². The molecule has 2 aliphatic rings. The van der Waals surface area contributed by atoms with Crippen molar-refractivity contribution in [1.29, 1.82) is 0 Å². The minimum absolute atomic E-state index is 0.0251. The van der Waals surface area contributed by atoms with Crippen molar-refractivity contribution in [3.63, 3.8) is 0 Å². The van der Waals surface area contributed by atoms with Crippen molar-refractivity contribution >= 4 is 26.0 Å². The number of carboxylic acids is 1. The van der Waals surface area contributed by atoms with E-state index in [1.54, 1.807) is 36.5 Å². The summed E-state index contributed by atoms with van der Waals surface area (Å²) in [4.78, 5) is 13.0. The Bertz CT molecular complexity index is 1390. The molecule has 0 saturated carbocycles. The minimum atomic E-state index is -5.08. The number of carboxylic acid groups (broad SMARTS) is 1. The average Bonchev–Trinajstić information content (AvgIpc) is 3.32. The zero-order valence-electron chi connectivity index (χ0n) is 21.0. The zero-order valence-corrected chi connectivity index (χ0v) is 22.6. The molecule has 0 bridgehead atoms. The SMILES string of the molecule is NCc1ccnc(OCC2CC(c3ccccc3F)CN2S(=O)(=O)N2CCS(=O)(=O)CC2)c1.O=C(O)C(F)(F)F. The molecule has 2 atom stereocenters. The third-order valence-electron chi connectivity index (χ3n) is 6.34. The van der Waals surface area contributed by atoms with Crippen molar-refractivity contribution in [3.8, 4) is 5.88 Å². The van der Waals surface area contributed by atoms with Crippen LogP contribution in [0, 0.1) is 5.82 Å². The number of nitrogens with zero attached hydrogens (tertiary/aromatic N) is 3. The van der Waals surface area contributed by atoms with Gasteiger partial charge in [0.2, 0.25) is 5.88 Å². The van der Waals surface area contributed by atoms with Gasteiger partial charge in [0, 0.05) is 44.4 Å². The summed E-state index contributed by atoms with van der Waals surface area (Å²) in [5.41, 5.74) is 6.94. The molecule has 1 aromatic carbocycles. The van der Waals surface area contributed by atoms with E-state index >= 15 is 0 Å². The molecule has 3 N–H and O–H groups in total. The molecule has 2 fully saturated rings. The largest absolute Gasteiger partial charge is 0.490 e. The summed E-state index contributed by atoms with van der Waals surface area (Å²) in [7, 11) is -7.22. The molecule has 40 heavy (non-hydrogen) atoms. The fourth-order valence-electron chi connectivity index (χ4n) is 4.26. The number of halogens is 4. The smallest absolute Gasteiger partial charge is 0.476 e. The predicted molar refractivity (Wildman–Crippen MR) is 135 cm³/mol. The predicted octanol–water partition coefficient (Wildman–Crippen LogP) is 1.52. The van der Waals surface area contributed by atoms with Crippen LogP contribution in [0.3, 0.4) is 0 Å². The molecular weight excluding hydrogens is 584 g/mol. The molecule has 2 aromatic rings. The number of ether oxygens (including phenoxy) is 1. The van der Waals surface area contributed by atoms with Crippen molar-refractivity contribution in [2.24, 2.45) is 5.73 Å². The van der Waals surface area contributed by atoms with Crippen LogP contribution in [0.15, 0.2) is 42.6 Å². The summed E-state index contributed by atoms with van der Waals surface area (Å²) in [6.07, 6.45) is -3.15. The number of sulfone groups is 1. The maximum absolute atomic E-state index is 14.5. The minimum Gasteiger partial charge on any atom is -0.476 e. The number of rotatable bonds is 7. The van der Waals surface area contributed by atoms with E-state index in [1.807, 2.05) is 0 Å². The molecule has 11 nitrogen and oxygen atoms in total. The quantitative estimate of drug-likeness (QED) is 0.442. The van der Waals surface area contributed by atoms with Gasteiger partial charge in [0.25, 0.3) is 10.2 Å². The van der Waals surface area contributed by atoms with Gasteiger partial charge in [0.05, 0.1) is 17.5 Å². The van der Waals surface area contributed by atoms with E-state index in [4.69, 9.17) is 20.4 Å². The Morgan fingerprint density at radius 2 is 1.80 bits per heavy atom. The third-order valence-corrected chi connectivity index (χ3v) is 10.0. The van der Waals surface area contributed by atoms with Gasteiger partial charge in [-0.2, -0.15) is 30.2 Å². The summed E-state index contributed by atoms with van der Waals surface area (Å²) in [5, 5.41) is 7.12. The molecule has 222 valence electrons. The van der Waals surface area contributed by atoms with E-state index in [1.165, 1.54) is 14.7 Å². The molecule has 2 unspecified atom stereocenters. The van der Waals surface area contributed by atoms with E-state index in [0.717, 1.165) is 5.56 Å². The second-order valence-electron chi connectivity index (χ2n) is 9.06. The van der Waals surface area contributed by atoms with Gasteiger partial charge in [0.1, 0.15) is 12.4 Å². The van der Waals surface area contributed by atoms with Gasteiger partial charge in [-0.05, 0) is 29.7 Å². The van der Waals surface area contributed by atoms with E-state index in [-0.39, 0.29) is 49.5 Å². The molecule has 17 heteroatoms. The highest BCUT2D eigenvalue weighted by molar-refractivity contribution is 7.91. The van der Waals surface area contributed by atoms with Crippen molar-refractivity contribution in [1.82, 2.24) is 13.6 Å². The number of carbonyl (C=O) groups is 1. The van der Waals surface area contributed by atoms with Crippen LogP contribution >= 0.6 is 0 Å². The first-order chi connectivity index (χ1) is 18.6. The average molecular weight is 613 g/mol. The van der Waals surface area contributed by atoms with Crippen molar-refractivity contribution < 1.29 is 49.0 Å². The number of hydrogen-bond acceptors (Lipinski definition) is 8. The van der Waals surface area contributed by atoms with Crippen LogP contribution in [0.5, 0.6) is 5.88 Å². The summed E-state index contributed by atoms with van der Waals surface area (Å²) < 4.78 is 105. The Hall–Kier alpha value is -2.86. The Balaban J connectivity index is 0.000000559. The van der Waals surface area contributed by atoms with Gasteiger partial charge in [0.15, 0.2) is 9.84 Å². The lowest BCUT2D eigenvalue weighted by atomic mass is 9.96. The number of aromatic nitrogens is 1. The monoisotopic (exact) mass is 612 g/mol. The highest BCUT2D eigenvalue weighted by atomic mass is 32.2. The number of pyridine rings is 1. The molecule has 0 aliphatic carbocycles. The zero-order chi connectivity index (χ0) is 29.7. The van der Waals surface area contributed by atoms with Gasteiger partial charge in [-0.25, -0.2) is 22.6 Å². The summed E-state index contributed by atoms with van der Waals surface area (Å²) >= 11 is 0. The van der Waals surface area contributed by atoms with Gasteiger partial charge in [-0.3, -0.25) is 0 Å². The number of benzene rings is 1. The van der Waals surface area contributed by atoms with Crippen LogP contribution in [0.1, 0.15) is 23.5 Å². The number of hydrogen-bond donors (Lipinski definition) is 2. The van der Waals surface area contributed by atoms with Crippen LogP contribution in [0.4, 0.5) is 17.6 Å². The molecule has 0 radical (unpaired) electrons. The van der Waals surface area contributed by atoms with Gasteiger partial charge in [-0.15, -0.1) is 0 Å². The Kier molecular flexibility index (Phi) is 10.1. The first kappa shape index (κ1) is 31.7. The molecule has 2 aliphatic heterocycles. The van der Waals surface area contributed by atoms with Gasteiger partial charge >= 0.3 is 12.1 Å². The van der Waals surface area contributed by atoms with Gasteiger partial charge < -0.3 is 15.6 Å². The summed E-state index contributed by atoms with van der Waals surface area (Å²) in [6.45, 7) is 0.225. The second-order valence-corrected chi connectivity index (χ2v) is 13.2. The number of nitrogens with two attached hydrogens (primary N) is 1. The van der Waals surface area contributed by atoms with E-state index in [2.05, 4.69) is 4.98 Å². The van der Waals surface area contributed by atoms with Crippen LogP contribution in [-0.4, -0.2) is 91.5 Å². The first-order valence-electron chi connectivity index (χ1n) is 11.9. The van der Waals surface area contributed by atoms with Crippen molar-refractivity contribution in [3.05, 3.63) is 59.5 Å². The Morgan fingerprint density at radius 1 is 1.18 bits per heavy atom. The van der Waals surface area contributed by atoms with Crippen LogP contribution in [0.2, 0.25) is 0 Å². The highest BCUT2D eigenvalue weighted by Gasteiger charge is 2.45. The molecule has 2 saturated heterocycles. The standard InChI is InChI=1S/C21H27FN4O5S2.C2HF3O2/c22-20-4-2-1-3-19(20)17-12-18(15-31-21-11-16(13-23)5-6-24-21)26(14-17)33(29,30)25-7-9-32(27,28)10-8-25;3-2(4,5)1(6)7/h1-6,11,17-18H,7-10,12-15,23H2;(H,6,7). The Labute approximate surface area is 228 Å². The third kappa shape index (κ3) is 8.09. The molecular formula is C23H28F4N4O7S2. The fourth-order valence-corrected chi connectivity index (χ4v) is 7.53. The number of alkyl halides is 3. The summed E-state index contributed by atoms with van der Waals surface area (Å²) in [5.74, 6) is -3.60. The Morgan fingerprint density at radius 3 is 2.38 bits per heavy atom. The highest BCUT2D eigenvalue weighted by Crippen LogP contribution is 2.36. The van der Waals surface area contributed by atoms with Crippen LogP contribution < -0.4 is 10.5 Å². The molecule has 4 rings (SSSR count). The number of aliphatic carboxylic acids is 1. The lowest BCUT2D eigenvalue weighted by Crippen LogP contribution is -2.52. The molecule has 3 heterocycles.